The average Bonchev–Trinajstić information content (AvgIpc) is 2.89. The number of hydrogen-bond acceptors (Lipinski definition) is 5. The number of halogens is 1. The van der Waals surface area contributed by atoms with Gasteiger partial charge in [-0.15, -0.1) is 11.3 Å². The van der Waals surface area contributed by atoms with Gasteiger partial charge < -0.3 is 4.74 Å². The van der Waals surface area contributed by atoms with E-state index < -0.39 is 5.41 Å². The largest absolute Gasteiger partial charge is 0.465 e. The highest BCUT2D eigenvalue weighted by Gasteiger charge is 2.34. The van der Waals surface area contributed by atoms with E-state index in [2.05, 4.69) is 25.9 Å². The number of pyridine rings is 1. The predicted molar refractivity (Wildman–Crippen MR) is 82.7 cm³/mol. The zero-order valence-electron chi connectivity index (χ0n) is 11.5. The Bertz CT molecular complexity index is 625. The first-order valence-electron chi connectivity index (χ1n) is 6.21. The van der Waals surface area contributed by atoms with Crippen LogP contribution in [0.3, 0.4) is 0 Å². The van der Waals surface area contributed by atoms with E-state index in [0.29, 0.717) is 12.3 Å². The summed E-state index contributed by atoms with van der Waals surface area (Å²) in [6.07, 6.45) is 1.72. The molecular weight excluding hydrogens is 340 g/mol. The van der Waals surface area contributed by atoms with Crippen molar-refractivity contribution in [2.45, 2.75) is 26.2 Å². The maximum atomic E-state index is 12.0. The molecule has 0 atom stereocenters. The van der Waals surface area contributed by atoms with E-state index in [1.807, 2.05) is 31.4 Å². The highest BCUT2D eigenvalue weighted by molar-refractivity contribution is 9.10. The molecule has 0 amide bonds. The van der Waals surface area contributed by atoms with Crippen molar-refractivity contribution in [1.29, 1.82) is 0 Å². The van der Waals surface area contributed by atoms with E-state index in [-0.39, 0.29) is 5.97 Å². The fraction of sp³-hybridized carbons (Fsp3) is 0.357. The maximum Gasteiger partial charge on any atom is 0.317 e. The Balaban J connectivity index is 2.34. The minimum atomic E-state index is -0.758. The van der Waals surface area contributed by atoms with Gasteiger partial charge in [0.1, 0.15) is 16.1 Å². The fourth-order valence-corrected chi connectivity index (χ4v) is 3.20. The molecule has 4 nitrogen and oxygen atoms in total. The Kier molecular flexibility index (Phi) is 4.55. The van der Waals surface area contributed by atoms with Gasteiger partial charge in [0, 0.05) is 16.0 Å². The summed E-state index contributed by atoms with van der Waals surface area (Å²) in [6, 6.07) is 3.77. The highest BCUT2D eigenvalue weighted by atomic mass is 79.9. The third-order valence-corrected chi connectivity index (χ3v) is 4.38. The summed E-state index contributed by atoms with van der Waals surface area (Å²) in [7, 11) is 0. The molecule has 2 aromatic heterocycles. The molecule has 0 aliphatic heterocycles. The highest BCUT2D eigenvalue weighted by Crippen LogP contribution is 2.33. The molecule has 2 aromatic rings. The summed E-state index contributed by atoms with van der Waals surface area (Å²) in [4.78, 5) is 20.8. The molecule has 6 heteroatoms. The van der Waals surface area contributed by atoms with Gasteiger partial charge in [-0.05, 0) is 48.8 Å². The number of hydrogen-bond donors (Lipinski definition) is 0. The minimum absolute atomic E-state index is 0.267. The third kappa shape index (κ3) is 2.91. The second kappa shape index (κ2) is 6.01. The molecule has 0 radical (unpaired) electrons. The molecule has 0 aliphatic carbocycles. The van der Waals surface area contributed by atoms with Crippen LogP contribution in [-0.2, 0) is 14.9 Å². The molecule has 0 saturated carbocycles. The molecule has 106 valence electrons. The standard InChI is InChI=1S/C14H15BrN2O2S/c1-4-19-13(18)14(2,3)10-8-20-12(17-10)11-9(15)6-5-7-16-11/h5-8H,4H2,1-3H3. The molecule has 0 fully saturated rings. The van der Waals surface area contributed by atoms with Crippen LogP contribution in [0.4, 0.5) is 0 Å². The van der Waals surface area contributed by atoms with Crippen molar-refractivity contribution in [2.24, 2.45) is 0 Å². The number of thiazole rings is 1. The van der Waals surface area contributed by atoms with Crippen LogP contribution in [0, 0.1) is 0 Å². The van der Waals surface area contributed by atoms with E-state index in [9.17, 15) is 4.79 Å². The Morgan fingerprint density at radius 3 is 2.90 bits per heavy atom. The number of aromatic nitrogens is 2. The summed E-state index contributed by atoms with van der Waals surface area (Å²) in [6.45, 7) is 5.80. The van der Waals surface area contributed by atoms with Crippen molar-refractivity contribution >= 4 is 33.2 Å². The second-order valence-corrected chi connectivity index (χ2v) is 6.43. The number of carbonyl (C=O) groups excluding carboxylic acids is 1. The lowest BCUT2D eigenvalue weighted by Crippen LogP contribution is -2.31. The van der Waals surface area contributed by atoms with E-state index in [4.69, 9.17) is 4.74 Å². The molecule has 0 aromatic carbocycles. The number of esters is 1. The quantitative estimate of drug-likeness (QED) is 0.783. The van der Waals surface area contributed by atoms with Crippen molar-refractivity contribution < 1.29 is 9.53 Å². The Morgan fingerprint density at radius 2 is 2.25 bits per heavy atom. The van der Waals surface area contributed by atoms with Crippen molar-refractivity contribution in [3.05, 3.63) is 33.9 Å². The fourth-order valence-electron chi connectivity index (χ4n) is 1.63. The molecule has 20 heavy (non-hydrogen) atoms. The van der Waals surface area contributed by atoms with Crippen LogP contribution in [0.2, 0.25) is 0 Å². The molecule has 0 spiro atoms. The van der Waals surface area contributed by atoms with E-state index in [1.54, 1.807) is 13.1 Å². The molecule has 2 heterocycles. The van der Waals surface area contributed by atoms with Crippen LogP contribution in [0.25, 0.3) is 10.7 Å². The lowest BCUT2D eigenvalue weighted by Gasteiger charge is -2.19. The van der Waals surface area contributed by atoms with Gasteiger partial charge in [-0.25, -0.2) is 4.98 Å². The Labute approximate surface area is 130 Å². The van der Waals surface area contributed by atoms with Gasteiger partial charge in [0.15, 0.2) is 0 Å². The molecule has 0 bridgehead atoms. The summed E-state index contributed by atoms with van der Waals surface area (Å²) >= 11 is 4.93. The molecule has 0 saturated heterocycles. The summed E-state index contributed by atoms with van der Waals surface area (Å²) < 4.78 is 5.98. The lowest BCUT2D eigenvalue weighted by atomic mass is 9.90. The lowest BCUT2D eigenvalue weighted by molar-refractivity contribution is -0.148. The van der Waals surface area contributed by atoms with Crippen LogP contribution in [0.1, 0.15) is 26.5 Å². The second-order valence-electron chi connectivity index (χ2n) is 4.72. The van der Waals surface area contributed by atoms with Gasteiger partial charge in [-0.1, -0.05) is 0 Å². The molecule has 2 rings (SSSR count). The zero-order valence-corrected chi connectivity index (χ0v) is 13.9. The monoisotopic (exact) mass is 354 g/mol. The smallest absolute Gasteiger partial charge is 0.317 e. The van der Waals surface area contributed by atoms with Gasteiger partial charge in [0.05, 0.1) is 12.3 Å². The maximum absolute atomic E-state index is 12.0. The number of nitrogens with zero attached hydrogens (tertiary/aromatic N) is 2. The first-order valence-corrected chi connectivity index (χ1v) is 7.88. The van der Waals surface area contributed by atoms with E-state index in [1.165, 1.54) is 11.3 Å². The van der Waals surface area contributed by atoms with Crippen molar-refractivity contribution in [3.63, 3.8) is 0 Å². The third-order valence-electron chi connectivity index (χ3n) is 2.89. The summed E-state index contributed by atoms with van der Waals surface area (Å²) in [5, 5.41) is 2.66. The van der Waals surface area contributed by atoms with Crippen LogP contribution in [0.15, 0.2) is 28.2 Å². The Morgan fingerprint density at radius 1 is 1.50 bits per heavy atom. The minimum Gasteiger partial charge on any atom is -0.465 e. The number of carbonyl (C=O) groups is 1. The van der Waals surface area contributed by atoms with Crippen LogP contribution in [-0.4, -0.2) is 22.5 Å². The van der Waals surface area contributed by atoms with Gasteiger partial charge in [0.2, 0.25) is 0 Å². The summed E-state index contributed by atoms with van der Waals surface area (Å²) in [5.41, 5.74) is 0.725. The topological polar surface area (TPSA) is 52.1 Å². The molecular formula is C14H15BrN2O2S. The van der Waals surface area contributed by atoms with Crippen LogP contribution in [0.5, 0.6) is 0 Å². The van der Waals surface area contributed by atoms with E-state index >= 15 is 0 Å². The van der Waals surface area contributed by atoms with Crippen LogP contribution >= 0.6 is 27.3 Å². The number of rotatable bonds is 4. The van der Waals surface area contributed by atoms with Crippen LogP contribution < -0.4 is 0 Å². The normalized spacial score (nSPS) is 11.4. The van der Waals surface area contributed by atoms with Crippen molar-refractivity contribution in [2.75, 3.05) is 6.61 Å². The van der Waals surface area contributed by atoms with Gasteiger partial charge in [0.25, 0.3) is 0 Å². The number of ether oxygens (including phenoxy) is 1. The molecule has 0 N–H and O–H groups in total. The van der Waals surface area contributed by atoms with E-state index in [0.717, 1.165) is 15.2 Å². The SMILES string of the molecule is CCOC(=O)C(C)(C)c1csc(-c2ncccc2Br)n1. The molecule has 0 aliphatic rings. The first kappa shape index (κ1) is 15.1. The van der Waals surface area contributed by atoms with Gasteiger partial charge >= 0.3 is 5.97 Å². The van der Waals surface area contributed by atoms with Crippen molar-refractivity contribution in [3.8, 4) is 10.7 Å². The average molecular weight is 355 g/mol. The first-order chi connectivity index (χ1) is 9.46. The molecule has 0 unspecified atom stereocenters. The predicted octanol–water partition coefficient (Wildman–Crippen LogP) is 3.81. The van der Waals surface area contributed by atoms with Gasteiger partial charge in [-0.2, -0.15) is 0 Å². The zero-order chi connectivity index (χ0) is 14.8. The summed E-state index contributed by atoms with van der Waals surface area (Å²) in [5.74, 6) is -0.267. The Hall–Kier alpha value is -1.27. The van der Waals surface area contributed by atoms with Gasteiger partial charge in [-0.3, -0.25) is 9.78 Å². The van der Waals surface area contributed by atoms with Crippen molar-refractivity contribution in [1.82, 2.24) is 9.97 Å².